The molecule has 0 aliphatic heterocycles. The zero-order valence-corrected chi connectivity index (χ0v) is 10.8. The SMILES string of the molecule is CC(C)(C)c1cc(CC[C@H](O)CN)ccc1F. The highest BCUT2D eigenvalue weighted by atomic mass is 19.1. The number of hydrogen-bond acceptors (Lipinski definition) is 2. The average molecular weight is 239 g/mol. The fourth-order valence-corrected chi connectivity index (χ4v) is 1.75. The van der Waals surface area contributed by atoms with Gasteiger partial charge in [0.2, 0.25) is 0 Å². The average Bonchev–Trinajstić information content (AvgIpc) is 2.26. The van der Waals surface area contributed by atoms with Crippen LogP contribution in [0.1, 0.15) is 38.3 Å². The van der Waals surface area contributed by atoms with Crippen molar-refractivity contribution in [1.29, 1.82) is 0 Å². The Bertz CT molecular complexity index is 371. The van der Waals surface area contributed by atoms with E-state index in [2.05, 4.69) is 0 Å². The quantitative estimate of drug-likeness (QED) is 0.847. The standard InChI is InChI=1S/C14H22FNO/c1-14(2,3)12-8-10(5-7-13(12)15)4-6-11(17)9-16/h5,7-8,11,17H,4,6,9,16H2,1-3H3/t11-/m0/s1. The van der Waals surface area contributed by atoms with Crippen LogP contribution in [0.3, 0.4) is 0 Å². The molecule has 0 fully saturated rings. The zero-order chi connectivity index (χ0) is 13.1. The molecule has 0 heterocycles. The Balaban J connectivity index is 2.82. The zero-order valence-electron chi connectivity index (χ0n) is 10.8. The van der Waals surface area contributed by atoms with E-state index in [0.717, 1.165) is 17.5 Å². The molecular formula is C14H22FNO. The van der Waals surface area contributed by atoms with Crippen LogP contribution in [0.5, 0.6) is 0 Å². The molecule has 0 unspecified atom stereocenters. The molecule has 1 atom stereocenters. The van der Waals surface area contributed by atoms with Crippen LogP contribution in [0.15, 0.2) is 18.2 Å². The Morgan fingerprint density at radius 3 is 2.53 bits per heavy atom. The van der Waals surface area contributed by atoms with Gasteiger partial charge in [-0.1, -0.05) is 32.9 Å². The van der Waals surface area contributed by atoms with E-state index < -0.39 is 6.10 Å². The third-order valence-corrected chi connectivity index (χ3v) is 2.88. The molecule has 3 N–H and O–H groups in total. The van der Waals surface area contributed by atoms with Crippen LogP contribution in [0.2, 0.25) is 0 Å². The van der Waals surface area contributed by atoms with Crippen LogP contribution in [0.25, 0.3) is 0 Å². The molecule has 17 heavy (non-hydrogen) atoms. The summed E-state index contributed by atoms with van der Waals surface area (Å²) in [4.78, 5) is 0. The molecule has 96 valence electrons. The summed E-state index contributed by atoms with van der Waals surface area (Å²) >= 11 is 0. The van der Waals surface area contributed by atoms with Crippen molar-refractivity contribution in [3.8, 4) is 0 Å². The molecule has 0 saturated heterocycles. The molecule has 0 bridgehead atoms. The molecule has 0 aliphatic carbocycles. The van der Waals surface area contributed by atoms with Crippen LogP contribution in [0, 0.1) is 5.82 Å². The summed E-state index contributed by atoms with van der Waals surface area (Å²) in [5, 5.41) is 9.40. The van der Waals surface area contributed by atoms with Gasteiger partial charge in [0, 0.05) is 6.54 Å². The summed E-state index contributed by atoms with van der Waals surface area (Å²) in [5.74, 6) is -0.166. The van der Waals surface area contributed by atoms with Gasteiger partial charge in [-0.2, -0.15) is 0 Å². The van der Waals surface area contributed by atoms with E-state index in [9.17, 15) is 9.50 Å². The second-order valence-corrected chi connectivity index (χ2v) is 5.49. The predicted molar refractivity (Wildman–Crippen MR) is 68.5 cm³/mol. The van der Waals surface area contributed by atoms with Gasteiger partial charge in [-0.05, 0) is 35.4 Å². The summed E-state index contributed by atoms with van der Waals surface area (Å²) in [5.41, 5.74) is 6.91. The molecule has 1 rings (SSSR count). The molecule has 1 aromatic rings. The molecule has 3 heteroatoms. The highest BCUT2D eigenvalue weighted by molar-refractivity contribution is 5.30. The molecule has 0 spiro atoms. The molecule has 1 aromatic carbocycles. The Morgan fingerprint density at radius 2 is 2.00 bits per heavy atom. The molecule has 0 radical (unpaired) electrons. The minimum absolute atomic E-state index is 0.166. The lowest BCUT2D eigenvalue weighted by atomic mass is 9.85. The number of benzene rings is 1. The number of halogens is 1. The summed E-state index contributed by atoms with van der Waals surface area (Å²) in [6, 6.07) is 5.16. The first-order valence-electron chi connectivity index (χ1n) is 6.01. The number of aliphatic hydroxyl groups excluding tert-OH is 1. The third-order valence-electron chi connectivity index (χ3n) is 2.88. The van der Waals surface area contributed by atoms with Gasteiger partial charge in [0.05, 0.1) is 6.10 Å². The number of aryl methyl sites for hydroxylation is 1. The minimum Gasteiger partial charge on any atom is -0.392 e. The predicted octanol–water partition coefficient (Wildman–Crippen LogP) is 2.38. The Kier molecular flexibility index (Phi) is 4.66. The van der Waals surface area contributed by atoms with Crippen molar-refractivity contribution in [1.82, 2.24) is 0 Å². The summed E-state index contributed by atoms with van der Waals surface area (Å²) < 4.78 is 13.7. The summed E-state index contributed by atoms with van der Waals surface area (Å²) in [6.07, 6.45) is 0.867. The Morgan fingerprint density at radius 1 is 1.35 bits per heavy atom. The lowest BCUT2D eigenvalue weighted by Crippen LogP contribution is -2.20. The van der Waals surface area contributed by atoms with Gasteiger partial charge in [-0.25, -0.2) is 4.39 Å². The van der Waals surface area contributed by atoms with E-state index in [4.69, 9.17) is 5.73 Å². The maximum Gasteiger partial charge on any atom is 0.126 e. The highest BCUT2D eigenvalue weighted by Gasteiger charge is 2.18. The van der Waals surface area contributed by atoms with Crippen molar-refractivity contribution in [3.05, 3.63) is 35.1 Å². The van der Waals surface area contributed by atoms with Crippen molar-refractivity contribution < 1.29 is 9.50 Å². The minimum atomic E-state index is -0.474. The number of rotatable bonds is 4. The molecular weight excluding hydrogens is 217 g/mol. The van der Waals surface area contributed by atoms with Crippen molar-refractivity contribution in [3.63, 3.8) is 0 Å². The van der Waals surface area contributed by atoms with Crippen LogP contribution in [-0.2, 0) is 11.8 Å². The van der Waals surface area contributed by atoms with Crippen LogP contribution in [-0.4, -0.2) is 17.8 Å². The second-order valence-electron chi connectivity index (χ2n) is 5.49. The first-order valence-corrected chi connectivity index (χ1v) is 6.01. The number of hydrogen-bond donors (Lipinski definition) is 2. The van der Waals surface area contributed by atoms with Crippen molar-refractivity contribution in [2.75, 3.05) is 6.54 Å². The van der Waals surface area contributed by atoms with E-state index >= 15 is 0 Å². The van der Waals surface area contributed by atoms with E-state index in [1.807, 2.05) is 26.8 Å². The Labute approximate surface area is 103 Å². The van der Waals surface area contributed by atoms with Gasteiger partial charge < -0.3 is 10.8 Å². The van der Waals surface area contributed by atoms with Crippen molar-refractivity contribution >= 4 is 0 Å². The van der Waals surface area contributed by atoms with Crippen molar-refractivity contribution in [2.45, 2.75) is 45.1 Å². The summed E-state index contributed by atoms with van der Waals surface area (Å²) in [6.45, 7) is 6.24. The maximum absolute atomic E-state index is 13.7. The lowest BCUT2D eigenvalue weighted by molar-refractivity contribution is 0.173. The number of nitrogens with two attached hydrogens (primary N) is 1. The van der Waals surface area contributed by atoms with E-state index in [1.165, 1.54) is 6.07 Å². The molecule has 0 aliphatic rings. The third kappa shape index (κ3) is 4.10. The maximum atomic E-state index is 13.7. The van der Waals surface area contributed by atoms with Gasteiger partial charge in [-0.3, -0.25) is 0 Å². The lowest BCUT2D eigenvalue weighted by Gasteiger charge is -2.21. The molecule has 0 saturated carbocycles. The largest absolute Gasteiger partial charge is 0.392 e. The van der Waals surface area contributed by atoms with Crippen LogP contribution in [0.4, 0.5) is 4.39 Å². The van der Waals surface area contributed by atoms with Crippen LogP contribution >= 0.6 is 0 Å². The Hall–Kier alpha value is -0.930. The van der Waals surface area contributed by atoms with Crippen LogP contribution < -0.4 is 5.73 Å². The van der Waals surface area contributed by atoms with E-state index in [-0.39, 0.29) is 17.8 Å². The van der Waals surface area contributed by atoms with Gasteiger partial charge in [0.1, 0.15) is 5.82 Å². The first-order chi connectivity index (χ1) is 7.84. The fraction of sp³-hybridized carbons (Fsp3) is 0.571. The molecule has 0 aromatic heterocycles. The van der Waals surface area contributed by atoms with Gasteiger partial charge in [0.15, 0.2) is 0 Å². The van der Waals surface area contributed by atoms with E-state index in [0.29, 0.717) is 6.42 Å². The van der Waals surface area contributed by atoms with Gasteiger partial charge >= 0.3 is 0 Å². The number of aliphatic hydroxyl groups is 1. The normalized spacial score (nSPS) is 13.8. The fourth-order valence-electron chi connectivity index (χ4n) is 1.75. The van der Waals surface area contributed by atoms with Crippen molar-refractivity contribution in [2.24, 2.45) is 5.73 Å². The topological polar surface area (TPSA) is 46.2 Å². The second kappa shape index (κ2) is 5.61. The highest BCUT2D eigenvalue weighted by Crippen LogP contribution is 2.26. The van der Waals surface area contributed by atoms with Gasteiger partial charge in [-0.15, -0.1) is 0 Å². The van der Waals surface area contributed by atoms with Gasteiger partial charge in [0.25, 0.3) is 0 Å². The van der Waals surface area contributed by atoms with E-state index in [1.54, 1.807) is 6.07 Å². The smallest absolute Gasteiger partial charge is 0.126 e. The monoisotopic (exact) mass is 239 g/mol. The first kappa shape index (κ1) is 14.1. The molecule has 0 amide bonds. The summed E-state index contributed by atoms with van der Waals surface area (Å²) in [7, 11) is 0. The molecule has 2 nitrogen and oxygen atoms in total.